The topological polar surface area (TPSA) is 38.0 Å². The smallest absolute Gasteiger partial charge is 0.106 e. The molecule has 0 saturated carbocycles. The summed E-state index contributed by atoms with van der Waals surface area (Å²) in [7, 11) is 0. The Hall–Kier alpha value is -1.87. The van der Waals surface area contributed by atoms with E-state index in [1.54, 1.807) is 0 Å². The van der Waals surface area contributed by atoms with E-state index in [9.17, 15) is 0 Å². The van der Waals surface area contributed by atoms with Gasteiger partial charge in [0, 0.05) is 17.3 Å². The first kappa shape index (κ1) is 13.1. The Bertz CT molecular complexity index is 639. The lowest BCUT2D eigenvalue weighted by molar-refractivity contribution is 0.774. The van der Waals surface area contributed by atoms with Crippen LogP contribution >= 0.6 is 12.2 Å². The van der Waals surface area contributed by atoms with Crippen LogP contribution < -0.4 is 11.1 Å². The van der Waals surface area contributed by atoms with E-state index >= 15 is 0 Å². The summed E-state index contributed by atoms with van der Waals surface area (Å²) < 4.78 is 0. The standard InChI is InChI=1S/C17H18N2S/c1-11-6-7-15(17(18)20)16(8-11)19-14-9-12-4-2-3-5-13(12)10-14/h2-8,14,19H,9-10H2,1H3,(H2,18,20). The zero-order valence-corrected chi connectivity index (χ0v) is 12.3. The monoisotopic (exact) mass is 282 g/mol. The molecule has 3 N–H and O–H groups in total. The van der Waals surface area contributed by atoms with Crippen molar-refractivity contribution in [3.8, 4) is 0 Å². The van der Waals surface area contributed by atoms with E-state index in [0.717, 1.165) is 24.1 Å². The molecule has 2 aromatic carbocycles. The summed E-state index contributed by atoms with van der Waals surface area (Å²) in [5, 5.41) is 3.61. The number of nitrogens with one attached hydrogen (secondary N) is 1. The molecule has 3 rings (SSSR count). The molecule has 0 aliphatic heterocycles. The van der Waals surface area contributed by atoms with Crippen LogP contribution in [0.15, 0.2) is 42.5 Å². The number of rotatable bonds is 3. The molecule has 20 heavy (non-hydrogen) atoms. The molecule has 2 aromatic rings. The minimum atomic E-state index is 0.419. The lowest BCUT2D eigenvalue weighted by atomic mass is 10.1. The predicted molar refractivity (Wildman–Crippen MR) is 88.3 cm³/mol. The first-order valence-electron chi connectivity index (χ1n) is 6.87. The summed E-state index contributed by atoms with van der Waals surface area (Å²) in [5.74, 6) is 0. The van der Waals surface area contributed by atoms with Gasteiger partial charge in [0.25, 0.3) is 0 Å². The highest BCUT2D eigenvalue weighted by Gasteiger charge is 2.21. The second-order valence-electron chi connectivity index (χ2n) is 5.43. The Kier molecular flexibility index (Phi) is 3.45. The second kappa shape index (κ2) is 5.25. The largest absolute Gasteiger partial charge is 0.389 e. The van der Waals surface area contributed by atoms with Crippen molar-refractivity contribution >= 4 is 22.9 Å². The highest BCUT2D eigenvalue weighted by molar-refractivity contribution is 7.80. The molecule has 0 bridgehead atoms. The molecule has 0 unspecified atom stereocenters. The van der Waals surface area contributed by atoms with E-state index in [1.807, 2.05) is 12.1 Å². The van der Waals surface area contributed by atoms with E-state index in [0.29, 0.717) is 11.0 Å². The third-order valence-corrected chi connectivity index (χ3v) is 4.07. The van der Waals surface area contributed by atoms with Crippen molar-refractivity contribution in [1.29, 1.82) is 0 Å². The number of anilines is 1. The maximum atomic E-state index is 5.81. The van der Waals surface area contributed by atoms with Gasteiger partial charge in [0.1, 0.15) is 4.99 Å². The Morgan fingerprint density at radius 2 is 1.80 bits per heavy atom. The van der Waals surface area contributed by atoms with Crippen LogP contribution in [0.25, 0.3) is 0 Å². The third kappa shape index (κ3) is 2.54. The molecule has 2 nitrogen and oxygen atoms in total. The Labute approximate surface area is 125 Å². The SMILES string of the molecule is Cc1ccc(C(N)=S)c(NC2Cc3ccccc3C2)c1. The quantitative estimate of drug-likeness (QED) is 0.849. The first-order valence-corrected chi connectivity index (χ1v) is 7.28. The Morgan fingerprint density at radius 1 is 1.15 bits per heavy atom. The lowest BCUT2D eigenvalue weighted by Gasteiger charge is -2.17. The van der Waals surface area contributed by atoms with E-state index < -0.39 is 0 Å². The minimum absolute atomic E-state index is 0.419. The van der Waals surface area contributed by atoms with Crippen molar-refractivity contribution in [1.82, 2.24) is 0 Å². The Balaban J connectivity index is 1.83. The minimum Gasteiger partial charge on any atom is -0.389 e. The Morgan fingerprint density at radius 3 is 2.40 bits per heavy atom. The lowest BCUT2D eigenvalue weighted by Crippen LogP contribution is -2.22. The van der Waals surface area contributed by atoms with Gasteiger partial charge in [-0.05, 0) is 48.6 Å². The molecule has 102 valence electrons. The molecular formula is C17H18N2S. The summed E-state index contributed by atoms with van der Waals surface area (Å²) in [6.45, 7) is 2.08. The van der Waals surface area contributed by atoms with Crippen LogP contribution in [0, 0.1) is 6.92 Å². The first-order chi connectivity index (χ1) is 9.63. The van der Waals surface area contributed by atoms with E-state index in [4.69, 9.17) is 18.0 Å². The number of nitrogens with two attached hydrogens (primary N) is 1. The molecule has 0 heterocycles. The molecule has 0 saturated heterocycles. The van der Waals surface area contributed by atoms with Crippen molar-refractivity contribution < 1.29 is 0 Å². The average Bonchev–Trinajstić information content (AvgIpc) is 2.80. The maximum absolute atomic E-state index is 5.81. The number of aryl methyl sites for hydroxylation is 1. The van der Waals surface area contributed by atoms with Crippen LogP contribution in [0.5, 0.6) is 0 Å². The summed E-state index contributed by atoms with van der Waals surface area (Å²) in [6.07, 6.45) is 2.11. The average molecular weight is 282 g/mol. The van der Waals surface area contributed by atoms with Gasteiger partial charge in [0.05, 0.1) is 0 Å². The summed E-state index contributed by atoms with van der Waals surface area (Å²) in [6, 6.07) is 15.2. The van der Waals surface area contributed by atoms with Crippen LogP contribution in [-0.2, 0) is 12.8 Å². The number of thiocarbonyl (C=S) groups is 1. The van der Waals surface area contributed by atoms with E-state index in [1.165, 1.54) is 16.7 Å². The summed E-state index contributed by atoms with van der Waals surface area (Å²) in [4.78, 5) is 0.447. The van der Waals surface area contributed by atoms with Gasteiger partial charge in [-0.2, -0.15) is 0 Å². The van der Waals surface area contributed by atoms with Crippen LogP contribution in [0.2, 0.25) is 0 Å². The highest BCUT2D eigenvalue weighted by Crippen LogP contribution is 2.26. The van der Waals surface area contributed by atoms with Gasteiger partial charge in [0.15, 0.2) is 0 Å². The zero-order chi connectivity index (χ0) is 14.1. The number of fused-ring (bicyclic) bond motifs is 1. The van der Waals surface area contributed by atoms with Crippen molar-refractivity contribution in [3.63, 3.8) is 0 Å². The molecular weight excluding hydrogens is 264 g/mol. The third-order valence-electron chi connectivity index (χ3n) is 3.85. The number of hydrogen-bond donors (Lipinski definition) is 2. The fourth-order valence-electron chi connectivity index (χ4n) is 2.87. The molecule has 0 fully saturated rings. The fourth-order valence-corrected chi connectivity index (χ4v) is 3.05. The van der Waals surface area contributed by atoms with Gasteiger partial charge in [-0.15, -0.1) is 0 Å². The van der Waals surface area contributed by atoms with Crippen molar-refractivity contribution in [2.45, 2.75) is 25.8 Å². The van der Waals surface area contributed by atoms with Gasteiger partial charge in [0.2, 0.25) is 0 Å². The molecule has 1 aliphatic carbocycles. The summed E-state index contributed by atoms with van der Waals surface area (Å²) in [5.41, 5.74) is 11.9. The fraction of sp³-hybridized carbons (Fsp3) is 0.235. The van der Waals surface area contributed by atoms with Gasteiger partial charge < -0.3 is 11.1 Å². The van der Waals surface area contributed by atoms with Gasteiger partial charge in [-0.1, -0.05) is 42.5 Å². The van der Waals surface area contributed by atoms with Crippen LogP contribution in [0.1, 0.15) is 22.3 Å². The molecule has 0 aromatic heterocycles. The molecule has 0 atom stereocenters. The molecule has 1 aliphatic rings. The van der Waals surface area contributed by atoms with Crippen LogP contribution in [0.4, 0.5) is 5.69 Å². The van der Waals surface area contributed by atoms with E-state index in [2.05, 4.69) is 42.6 Å². The number of hydrogen-bond acceptors (Lipinski definition) is 2. The van der Waals surface area contributed by atoms with Crippen LogP contribution in [0.3, 0.4) is 0 Å². The van der Waals surface area contributed by atoms with Gasteiger partial charge in [-0.3, -0.25) is 0 Å². The predicted octanol–water partition coefficient (Wildman–Crippen LogP) is 3.21. The van der Waals surface area contributed by atoms with Gasteiger partial charge in [-0.25, -0.2) is 0 Å². The highest BCUT2D eigenvalue weighted by atomic mass is 32.1. The van der Waals surface area contributed by atoms with Crippen LogP contribution in [-0.4, -0.2) is 11.0 Å². The maximum Gasteiger partial charge on any atom is 0.106 e. The molecule has 0 radical (unpaired) electrons. The molecule has 0 amide bonds. The summed E-state index contributed by atoms with van der Waals surface area (Å²) >= 11 is 5.14. The zero-order valence-electron chi connectivity index (χ0n) is 11.5. The molecule has 3 heteroatoms. The van der Waals surface area contributed by atoms with Crippen molar-refractivity contribution in [3.05, 3.63) is 64.7 Å². The second-order valence-corrected chi connectivity index (χ2v) is 5.87. The van der Waals surface area contributed by atoms with Crippen molar-refractivity contribution in [2.24, 2.45) is 5.73 Å². The van der Waals surface area contributed by atoms with Gasteiger partial charge >= 0.3 is 0 Å². The molecule has 0 spiro atoms. The van der Waals surface area contributed by atoms with Crippen molar-refractivity contribution in [2.75, 3.05) is 5.32 Å². The number of benzene rings is 2. The normalized spacial score (nSPS) is 14.1. The van der Waals surface area contributed by atoms with E-state index in [-0.39, 0.29) is 0 Å².